The summed E-state index contributed by atoms with van der Waals surface area (Å²) in [6.45, 7) is 1.57. The van der Waals surface area contributed by atoms with Crippen molar-refractivity contribution in [2.45, 2.75) is 17.0 Å². The van der Waals surface area contributed by atoms with Crippen molar-refractivity contribution in [3.63, 3.8) is 0 Å². The molecule has 0 nitrogen and oxygen atoms in total. The quantitative estimate of drug-likeness (QED) is 0.460. The van der Waals surface area contributed by atoms with E-state index in [0.717, 1.165) is 0 Å². The first-order chi connectivity index (χ1) is 4.54. The van der Waals surface area contributed by atoms with Crippen LogP contribution in [0.5, 0.6) is 0 Å². The van der Waals surface area contributed by atoms with Crippen LogP contribution in [-0.4, -0.2) is 3.68 Å². The van der Waals surface area contributed by atoms with E-state index < -0.39 is 9.50 Å². The normalized spacial score (nSPS) is 33.2. The van der Waals surface area contributed by atoms with E-state index >= 15 is 0 Å². The number of alkyl halides is 2. The van der Waals surface area contributed by atoms with Crippen LogP contribution in [-0.2, 0) is 0 Å². The second-order valence-electron chi connectivity index (χ2n) is 2.31. The Morgan fingerprint density at radius 1 is 1.70 bits per heavy atom. The van der Waals surface area contributed by atoms with E-state index in [-0.39, 0.29) is 6.42 Å². The number of hydrogen-bond acceptors (Lipinski definition) is 0. The predicted octanol–water partition coefficient (Wildman–Crippen LogP) is 3.29. The average molecular weight is 256 g/mol. The highest BCUT2D eigenvalue weighted by Crippen LogP contribution is 2.39. The highest BCUT2D eigenvalue weighted by atomic mass is 127. The number of halogens is 3. The maximum atomic E-state index is 13.0. The fraction of sp³-hybridized carbons (Fsp3) is 0.429. The predicted molar refractivity (Wildman–Crippen MR) is 45.4 cm³/mol. The molecule has 3 heteroatoms. The van der Waals surface area contributed by atoms with Gasteiger partial charge in [-0.2, -0.15) is 0 Å². The average Bonchev–Trinajstić information content (AvgIpc) is 1.83. The van der Waals surface area contributed by atoms with Gasteiger partial charge in [0.1, 0.15) is 0 Å². The Bertz CT molecular complexity index is 204. The van der Waals surface area contributed by atoms with Crippen molar-refractivity contribution in [3.8, 4) is 0 Å². The van der Waals surface area contributed by atoms with Crippen LogP contribution in [0, 0.1) is 0 Å². The molecule has 1 rings (SSSR count). The molecule has 0 fully saturated rings. The first-order valence-corrected chi connectivity index (χ1v) is 4.03. The van der Waals surface area contributed by atoms with E-state index in [2.05, 4.69) is 0 Å². The van der Waals surface area contributed by atoms with Gasteiger partial charge in [0.05, 0.1) is 0 Å². The molecule has 1 aliphatic rings. The molecule has 0 N–H and O–H groups in total. The summed E-state index contributed by atoms with van der Waals surface area (Å²) in [7, 11) is 0. The van der Waals surface area contributed by atoms with E-state index in [1.807, 2.05) is 0 Å². The SMILES string of the molecule is CC1=C(F)C(F)(I)CC=C1. The van der Waals surface area contributed by atoms with Crippen molar-refractivity contribution in [2.75, 3.05) is 0 Å². The second-order valence-corrected chi connectivity index (χ2v) is 4.02. The Hall–Kier alpha value is 0.0700. The smallest absolute Gasteiger partial charge is 0.215 e. The molecular formula is C7H7F2I. The molecule has 0 bridgehead atoms. The van der Waals surface area contributed by atoms with Gasteiger partial charge < -0.3 is 0 Å². The standard InChI is InChI=1S/C7H7F2I/c1-5-3-2-4-7(9,10)6(5)8/h2-3H,4H2,1H3. The zero-order chi connectivity index (χ0) is 7.78. The van der Waals surface area contributed by atoms with Crippen molar-refractivity contribution in [1.29, 1.82) is 0 Å². The Labute approximate surface area is 72.1 Å². The summed E-state index contributed by atoms with van der Waals surface area (Å²) in [5, 5.41) is 0. The van der Waals surface area contributed by atoms with Gasteiger partial charge >= 0.3 is 0 Å². The molecule has 0 radical (unpaired) electrons. The van der Waals surface area contributed by atoms with Crippen LogP contribution in [0.15, 0.2) is 23.6 Å². The van der Waals surface area contributed by atoms with Gasteiger partial charge in [-0.1, -0.05) is 12.2 Å². The van der Waals surface area contributed by atoms with Gasteiger partial charge in [-0.3, -0.25) is 0 Å². The molecule has 1 aliphatic carbocycles. The van der Waals surface area contributed by atoms with Gasteiger partial charge in [0.2, 0.25) is 3.68 Å². The van der Waals surface area contributed by atoms with Crippen molar-refractivity contribution in [3.05, 3.63) is 23.6 Å². The maximum Gasteiger partial charge on any atom is 0.215 e. The van der Waals surface area contributed by atoms with Crippen LogP contribution in [0.1, 0.15) is 13.3 Å². The number of allylic oxidation sites excluding steroid dienone is 4. The number of rotatable bonds is 0. The van der Waals surface area contributed by atoms with Crippen LogP contribution in [0.4, 0.5) is 8.78 Å². The molecule has 56 valence electrons. The summed E-state index contributed by atoms with van der Waals surface area (Å²) in [6.07, 6.45) is 3.38. The molecule has 0 aliphatic heterocycles. The van der Waals surface area contributed by atoms with Crippen molar-refractivity contribution in [2.24, 2.45) is 0 Å². The van der Waals surface area contributed by atoms with E-state index in [1.165, 1.54) is 22.6 Å². The molecule has 0 saturated carbocycles. The fourth-order valence-corrected chi connectivity index (χ4v) is 1.51. The third-order valence-electron chi connectivity index (χ3n) is 1.41. The largest absolute Gasteiger partial charge is 0.224 e. The lowest BCUT2D eigenvalue weighted by atomic mass is 10.1. The molecule has 1 atom stereocenters. The number of hydrogen-bond donors (Lipinski definition) is 0. The third-order valence-corrected chi connectivity index (χ3v) is 2.32. The van der Waals surface area contributed by atoms with E-state index in [0.29, 0.717) is 5.57 Å². The molecule has 0 heterocycles. The van der Waals surface area contributed by atoms with Gasteiger partial charge in [0.25, 0.3) is 0 Å². The van der Waals surface area contributed by atoms with Crippen molar-refractivity contribution >= 4 is 22.6 Å². The molecule has 0 aromatic heterocycles. The molecule has 0 aromatic rings. The Kier molecular flexibility index (Phi) is 2.12. The van der Waals surface area contributed by atoms with Crippen molar-refractivity contribution in [1.82, 2.24) is 0 Å². The summed E-state index contributed by atoms with van der Waals surface area (Å²) in [5.41, 5.74) is 0.392. The minimum absolute atomic E-state index is 0.136. The maximum absolute atomic E-state index is 13.0. The highest BCUT2D eigenvalue weighted by molar-refractivity contribution is 14.1. The first-order valence-electron chi connectivity index (χ1n) is 2.95. The van der Waals surface area contributed by atoms with Gasteiger partial charge in [0.15, 0.2) is 5.83 Å². The molecule has 0 saturated heterocycles. The van der Waals surface area contributed by atoms with E-state index in [4.69, 9.17) is 0 Å². The summed E-state index contributed by atoms with van der Waals surface area (Å²) >= 11 is 1.48. The van der Waals surface area contributed by atoms with Gasteiger partial charge in [-0.15, -0.1) is 0 Å². The Morgan fingerprint density at radius 2 is 2.30 bits per heavy atom. The topological polar surface area (TPSA) is 0 Å². The summed E-state index contributed by atoms with van der Waals surface area (Å²) in [4.78, 5) is 0. The Morgan fingerprint density at radius 3 is 2.70 bits per heavy atom. The zero-order valence-corrected chi connectivity index (χ0v) is 7.65. The van der Waals surface area contributed by atoms with Crippen LogP contribution >= 0.6 is 22.6 Å². The lowest BCUT2D eigenvalue weighted by Gasteiger charge is -2.18. The second kappa shape index (κ2) is 2.60. The third kappa shape index (κ3) is 1.38. The van der Waals surface area contributed by atoms with Crippen LogP contribution in [0.3, 0.4) is 0 Å². The molecule has 0 spiro atoms. The molecular weight excluding hydrogens is 249 g/mol. The summed E-state index contributed by atoms with van der Waals surface area (Å²) in [6, 6.07) is 0. The van der Waals surface area contributed by atoms with Gasteiger partial charge in [-0.05, 0) is 35.1 Å². The lowest BCUT2D eigenvalue weighted by molar-refractivity contribution is 0.303. The van der Waals surface area contributed by atoms with E-state index in [1.54, 1.807) is 19.1 Å². The molecule has 0 amide bonds. The van der Waals surface area contributed by atoms with Crippen LogP contribution in [0.2, 0.25) is 0 Å². The minimum Gasteiger partial charge on any atom is -0.224 e. The van der Waals surface area contributed by atoms with Crippen molar-refractivity contribution < 1.29 is 8.78 Å². The molecule has 0 aromatic carbocycles. The molecule has 10 heavy (non-hydrogen) atoms. The Balaban J connectivity index is 2.99. The lowest BCUT2D eigenvalue weighted by Crippen LogP contribution is -2.16. The van der Waals surface area contributed by atoms with E-state index in [9.17, 15) is 8.78 Å². The van der Waals surface area contributed by atoms with Gasteiger partial charge in [0, 0.05) is 6.42 Å². The highest BCUT2D eigenvalue weighted by Gasteiger charge is 2.33. The van der Waals surface area contributed by atoms with Gasteiger partial charge in [-0.25, -0.2) is 8.78 Å². The zero-order valence-electron chi connectivity index (χ0n) is 5.50. The fourth-order valence-electron chi connectivity index (χ4n) is 0.835. The summed E-state index contributed by atoms with van der Waals surface area (Å²) < 4.78 is 24.0. The summed E-state index contributed by atoms with van der Waals surface area (Å²) in [5.74, 6) is -0.643. The van der Waals surface area contributed by atoms with Crippen LogP contribution < -0.4 is 0 Å². The minimum atomic E-state index is -1.80. The first kappa shape index (κ1) is 8.17. The monoisotopic (exact) mass is 256 g/mol. The van der Waals surface area contributed by atoms with Crippen LogP contribution in [0.25, 0.3) is 0 Å². The molecule has 1 unspecified atom stereocenters.